The SMILES string of the molecule is Cc1nnc(SC2CC(C)OC2=O)n1-c1ccccc1. The Labute approximate surface area is 121 Å². The summed E-state index contributed by atoms with van der Waals surface area (Å²) in [6.07, 6.45) is 0.693. The van der Waals surface area contributed by atoms with Gasteiger partial charge in [-0.05, 0) is 26.0 Å². The number of aromatic nitrogens is 3. The highest BCUT2D eigenvalue weighted by Gasteiger charge is 2.34. The highest BCUT2D eigenvalue weighted by Crippen LogP contribution is 2.32. The van der Waals surface area contributed by atoms with Crippen molar-refractivity contribution in [3.63, 3.8) is 0 Å². The molecule has 104 valence electrons. The van der Waals surface area contributed by atoms with Crippen LogP contribution in [0.1, 0.15) is 19.2 Å². The standard InChI is InChI=1S/C14H15N3O2S/c1-9-8-12(13(18)19-9)20-14-16-15-10(2)17(14)11-6-4-3-5-7-11/h3-7,9,12H,8H2,1-2H3. The van der Waals surface area contributed by atoms with E-state index in [4.69, 9.17) is 4.74 Å². The zero-order valence-corrected chi connectivity index (χ0v) is 12.1. The minimum atomic E-state index is -0.198. The average molecular weight is 289 g/mol. The number of thioether (sulfide) groups is 1. The van der Waals surface area contributed by atoms with E-state index in [1.165, 1.54) is 11.8 Å². The number of rotatable bonds is 3. The summed E-state index contributed by atoms with van der Waals surface area (Å²) in [4.78, 5) is 11.7. The lowest BCUT2D eigenvalue weighted by Gasteiger charge is -2.09. The van der Waals surface area contributed by atoms with Crippen LogP contribution in [0.3, 0.4) is 0 Å². The molecule has 2 unspecified atom stereocenters. The van der Waals surface area contributed by atoms with Crippen molar-refractivity contribution < 1.29 is 9.53 Å². The van der Waals surface area contributed by atoms with Gasteiger partial charge in [0.2, 0.25) is 0 Å². The Balaban J connectivity index is 1.90. The Morgan fingerprint density at radius 1 is 1.30 bits per heavy atom. The zero-order valence-electron chi connectivity index (χ0n) is 11.3. The second kappa shape index (κ2) is 5.28. The summed E-state index contributed by atoms with van der Waals surface area (Å²) >= 11 is 1.42. The van der Waals surface area contributed by atoms with Crippen LogP contribution < -0.4 is 0 Å². The summed E-state index contributed by atoms with van der Waals surface area (Å²) in [5.41, 5.74) is 0.997. The fourth-order valence-electron chi connectivity index (χ4n) is 2.24. The summed E-state index contributed by atoms with van der Waals surface area (Å²) in [5, 5.41) is 8.83. The highest BCUT2D eigenvalue weighted by atomic mass is 32.2. The second-order valence-electron chi connectivity index (χ2n) is 4.79. The van der Waals surface area contributed by atoms with Crippen molar-refractivity contribution in [3.05, 3.63) is 36.2 Å². The third-order valence-electron chi connectivity index (χ3n) is 3.18. The molecule has 0 bridgehead atoms. The smallest absolute Gasteiger partial charge is 0.319 e. The van der Waals surface area contributed by atoms with E-state index in [0.717, 1.165) is 16.7 Å². The Hall–Kier alpha value is -1.82. The summed E-state index contributed by atoms with van der Waals surface area (Å²) in [5.74, 6) is 0.640. The molecule has 0 amide bonds. The number of hydrogen-bond acceptors (Lipinski definition) is 5. The molecule has 1 aliphatic rings. The first-order chi connectivity index (χ1) is 9.65. The van der Waals surface area contributed by atoms with Crippen LogP contribution in [0.25, 0.3) is 5.69 Å². The van der Waals surface area contributed by atoms with Crippen LogP contribution >= 0.6 is 11.8 Å². The lowest BCUT2D eigenvalue weighted by atomic mass is 10.3. The Morgan fingerprint density at radius 3 is 2.70 bits per heavy atom. The number of benzene rings is 1. The van der Waals surface area contributed by atoms with Crippen molar-refractivity contribution in [1.82, 2.24) is 14.8 Å². The van der Waals surface area contributed by atoms with Crippen LogP contribution in [0.4, 0.5) is 0 Å². The molecule has 1 aromatic carbocycles. The van der Waals surface area contributed by atoms with Crippen molar-refractivity contribution >= 4 is 17.7 Å². The number of cyclic esters (lactones) is 1. The molecule has 6 heteroatoms. The second-order valence-corrected chi connectivity index (χ2v) is 5.96. The Kier molecular flexibility index (Phi) is 3.48. The molecule has 1 aromatic heterocycles. The van der Waals surface area contributed by atoms with Crippen LogP contribution in [0.5, 0.6) is 0 Å². The van der Waals surface area contributed by atoms with Gasteiger partial charge in [-0.1, -0.05) is 30.0 Å². The van der Waals surface area contributed by atoms with Crippen molar-refractivity contribution in [2.45, 2.75) is 36.8 Å². The molecule has 20 heavy (non-hydrogen) atoms. The van der Waals surface area contributed by atoms with Gasteiger partial charge in [0, 0.05) is 12.1 Å². The van der Waals surface area contributed by atoms with Crippen molar-refractivity contribution in [1.29, 1.82) is 0 Å². The quantitative estimate of drug-likeness (QED) is 0.812. The van der Waals surface area contributed by atoms with Crippen LogP contribution in [0.2, 0.25) is 0 Å². The molecule has 2 heterocycles. The van der Waals surface area contributed by atoms with Crippen molar-refractivity contribution in [2.24, 2.45) is 0 Å². The summed E-state index contributed by atoms with van der Waals surface area (Å²) < 4.78 is 7.14. The van der Waals surface area contributed by atoms with Crippen LogP contribution in [0, 0.1) is 6.92 Å². The van der Waals surface area contributed by atoms with Gasteiger partial charge in [-0.2, -0.15) is 0 Å². The molecule has 0 N–H and O–H groups in total. The number of carbonyl (C=O) groups is 1. The highest BCUT2D eigenvalue weighted by molar-refractivity contribution is 8.00. The number of aryl methyl sites for hydroxylation is 1. The zero-order chi connectivity index (χ0) is 14.1. The minimum Gasteiger partial charge on any atom is -0.462 e. The number of nitrogens with zero attached hydrogens (tertiary/aromatic N) is 3. The third-order valence-corrected chi connectivity index (χ3v) is 4.33. The van der Waals surface area contributed by atoms with Gasteiger partial charge in [0.15, 0.2) is 5.16 Å². The molecule has 3 rings (SSSR count). The molecule has 5 nitrogen and oxygen atoms in total. The third kappa shape index (κ3) is 2.43. The van der Waals surface area contributed by atoms with E-state index in [1.54, 1.807) is 0 Å². The first kappa shape index (κ1) is 13.2. The van der Waals surface area contributed by atoms with E-state index < -0.39 is 0 Å². The summed E-state index contributed by atoms with van der Waals surface area (Å²) in [6, 6.07) is 9.89. The van der Waals surface area contributed by atoms with Gasteiger partial charge in [-0.15, -0.1) is 10.2 Å². The Bertz CT molecular complexity index is 627. The first-order valence-corrected chi connectivity index (χ1v) is 7.37. The van der Waals surface area contributed by atoms with Gasteiger partial charge in [0.1, 0.15) is 17.2 Å². The van der Waals surface area contributed by atoms with Crippen LogP contribution in [-0.2, 0) is 9.53 Å². The molecule has 1 aliphatic heterocycles. The molecule has 2 atom stereocenters. The van der Waals surface area contributed by atoms with Gasteiger partial charge in [-0.3, -0.25) is 9.36 Å². The Morgan fingerprint density at radius 2 is 2.05 bits per heavy atom. The van der Waals surface area contributed by atoms with Gasteiger partial charge in [-0.25, -0.2) is 0 Å². The fraction of sp³-hybridized carbons (Fsp3) is 0.357. The van der Waals surface area contributed by atoms with E-state index in [-0.39, 0.29) is 17.3 Å². The summed E-state index contributed by atoms with van der Waals surface area (Å²) in [7, 11) is 0. The van der Waals surface area contributed by atoms with Crippen molar-refractivity contribution in [3.8, 4) is 5.69 Å². The maximum absolute atomic E-state index is 11.7. The molecule has 1 saturated heterocycles. The number of para-hydroxylation sites is 1. The first-order valence-electron chi connectivity index (χ1n) is 6.50. The van der Waals surface area contributed by atoms with Crippen molar-refractivity contribution in [2.75, 3.05) is 0 Å². The molecule has 1 fully saturated rings. The lowest BCUT2D eigenvalue weighted by molar-refractivity contribution is -0.140. The number of hydrogen-bond donors (Lipinski definition) is 0. The van der Waals surface area contributed by atoms with Gasteiger partial charge >= 0.3 is 5.97 Å². The van der Waals surface area contributed by atoms with Gasteiger partial charge in [0.05, 0.1) is 0 Å². The predicted molar refractivity (Wildman–Crippen MR) is 75.9 cm³/mol. The van der Waals surface area contributed by atoms with E-state index >= 15 is 0 Å². The average Bonchev–Trinajstić information content (AvgIpc) is 2.94. The normalized spacial score (nSPS) is 22.0. The molecule has 0 spiro atoms. The van der Waals surface area contributed by atoms with Gasteiger partial charge < -0.3 is 4.74 Å². The maximum atomic E-state index is 11.7. The van der Waals surface area contributed by atoms with E-state index in [2.05, 4.69) is 10.2 Å². The molecule has 0 radical (unpaired) electrons. The molecular formula is C14H15N3O2S. The van der Waals surface area contributed by atoms with E-state index in [0.29, 0.717) is 6.42 Å². The van der Waals surface area contributed by atoms with Gasteiger partial charge in [0.25, 0.3) is 0 Å². The number of esters is 1. The topological polar surface area (TPSA) is 57.0 Å². The van der Waals surface area contributed by atoms with E-state index in [1.807, 2.05) is 48.7 Å². The maximum Gasteiger partial charge on any atom is 0.319 e. The summed E-state index contributed by atoms with van der Waals surface area (Å²) in [6.45, 7) is 3.81. The molecule has 2 aromatic rings. The molecular weight excluding hydrogens is 274 g/mol. The number of ether oxygens (including phenoxy) is 1. The lowest BCUT2D eigenvalue weighted by Crippen LogP contribution is -2.11. The molecule has 0 saturated carbocycles. The number of carbonyl (C=O) groups excluding carboxylic acids is 1. The minimum absolute atomic E-state index is 0.0193. The van der Waals surface area contributed by atoms with E-state index in [9.17, 15) is 4.79 Å². The fourth-order valence-corrected chi connectivity index (χ4v) is 3.44. The molecule has 0 aliphatic carbocycles. The largest absolute Gasteiger partial charge is 0.462 e. The van der Waals surface area contributed by atoms with Crippen LogP contribution in [-0.4, -0.2) is 32.1 Å². The monoisotopic (exact) mass is 289 g/mol. The predicted octanol–water partition coefficient (Wildman–Crippen LogP) is 2.37. The van der Waals surface area contributed by atoms with Crippen LogP contribution in [0.15, 0.2) is 35.5 Å².